The molecule has 0 aliphatic heterocycles. The van der Waals surface area contributed by atoms with Gasteiger partial charge in [-0.25, -0.2) is 9.97 Å². The zero-order chi connectivity index (χ0) is 14.0. The molecule has 3 nitrogen and oxygen atoms in total. The van der Waals surface area contributed by atoms with Gasteiger partial charge in [-0.15, -0.1) is 0 Å². The number of aromatic nitrogens is 2. The molecule has 2 rings (SSSR count). The molecule has 1 fully saturated rings. The van der Waals surface area contributed by atoms with Crippen LogP contribution in [0, 0.1) is 6.92 Å². The Morgan fingerprint density at radius 2 is 1.79 bits per heavy atom. The maximum absolute atomic E-state index is 6.36. The Morgan fingerprint density at radius 3 is 2.26 bits per heavy atom. The molecule has 1 heterocycles. The van der Waals surface area contributed by atoms with E-state index in [1.54, 1.807) is 7.11 Å². The zero-order valence-corrected chi connectivity index (χ0v) is 13.0. The Morgan fingerprint density at radius 1 is 1.16 bits per heavy atom. The SMILES string of the molecule is COC1(c2nc(C)c(C(C)C)c(Cl)n2)CCCCC1. The minimum Gasteiger partial charge on any atom is -0.370 e. The van der Waals surface area contributed by atoms with E-state index in [2.05, 4.69) is 18.8 Å². The van der Waals surface area contributed by atoms with E-state index >= 15 is 0 Å². The minimum atomic E-state index is -0.331. The highest BCUT2D eigenvalue weighted by Gasteiger charge is 2.37. The summed E-state index contributed by atoms with van der Waals surface area (Å²) in [5.74, 6) is 1.10. The van der Waals surface area contributed by atoms with Crippen LogP contribution in [0.15, 0.2) is 0 Å². The first-order chi connectivity index (χ1) is 9.00. The minimum absolute atomic E-state index is 0.331. The predicted molar refractivity (Wildman–Crippen MR) is 77.6 cm³/mol. The summed E-state index contributed by atoms with van der Waals surface area (Å²) in [7, 11) is 1.76. The fourth-order valence-corrected chi connectivity index (χ4v) is 3.48. The van der Waals surface area contributed by atoms with E-state index in [1.807, 2.05) is 6.92 Å². The van der Waals surface area contributed by atoms with Gasteiger partial charge in [0.2, 0.25) is 0 Å². The van der Waals surface area contributed by atoms with Crippen molar-refractivity contribution in [2.45, 2.75) is 64.4 Å². The molecule has 0 bridgehead atoms. The Bertz CT molecular complexity index is 430. The Kier molecular flexibility index (Phi) is 4.46. The van der Waals surface area contributed by atoms with Crippen molar-refractivity contribution in [1.82, 2.24) is 9.97 Å². The van der Waals surface area contributed by atoms with Crippen molar-refractivity contribution >= 4 is 11.6 Å². The van der Waals surface area contributed by atoms with Gasteiger partial charge in [0.1, 0.15) is 10.8 Å². The first kappa shape index (κ1) is 14.7. The van der Waals surface area contributed by atoms with Gasteiger partial charge in [0, 0.05) is 18.4 Å². The van der Waals surface area contributed by atoms with Crippen LogP contribution in [0.25, 0.3) is 0 Å². The standard InChI is InChI=1S/C15H23ClN2O/c1-10(2)12-11(3)17-14(18-13(12)16)15(19-4)8-6-5-7-9-15/h10H,5-9H2,1-4H3. The van der Waals surface area contributed by atoms with Crippen LogP contribution in [0.3, 0.4) is 0 Å². The summed E-state index contributed by atoms with van der Waals surface area (Å²) in [6.45, 7) is 6.24. The van der Waals surface area contributed by atoms with Crippen molar-refractivity contribution in [3.05, 3.63) is 22.2 Å². The van der Waals surface area contributed by atoms with Crippen LogP contribution in [-0.2, 0) is 10.3 Å². The lowest BCUT2D eigenvalue weighted by Gasteiger charge is -2.35. The Balaban J connectivity index is 2.45. The van der Waals surface area contributed by atoms with Gasteiger partial charge in [0.15, 0.2) is 5.82 Å². The summed E-state index contributed by atoms with van der Waals surface area (Å²) in [4.78, 5) is 9.25. The third kappa shape index (κ3) is 2.77. The number of ether oxygens (including phenoxy) is 1. The van der Waals surface area contributed by atoms with Gasteiger partial charge in [-0.2, -0.15) is 0 Å². The number of aryl methyl sites for hydroxylation is 1. The van der Waals surface area contributed by atoms with E-state index < -0.39 is 0 Å². The third-order valence-electron chi connectivity index (χ3n) is 4.13. The molecule has 0 amide bonds. The van der Waals surface area contributed by atoms with Crippen molar-refractivity contribution in [2.75, 3.05) is 7.11 Å². The summed E-state index contributed by atoms with van der Waals surface area (Å²) in [6.07, 6.45) is 5.57. The second-order valence-electron chi connectivity index (χ2n) is 5.75. The second-order valence-corrected chi connectivity index (χ2v) is 6.11. The first-order valence-electron chi connectivity index (χ1n) is 7.10. The molecule has 106 valence electrons. The van der Waals surface area contributed by atoms with Crippen molar-refractivity contribution in [3.8, 4) is 0 Å². The third-order valence-corrected chi connectivity index (χ3v) is 4.41. The average molecular weight is 283 g/mol. The topological polar surface area (TPSA) is 35.0 Å². The summed E-state index contributed by atoms with van der Waals surface area (Å²) in [5, 5.41) is 0.583. The predicted octanol–water partition coefficient (Wildman–Crippen LogP) is 4.37. The first-order valence-corrected chi connectivity index (χ1v) is 7.47. The summed E-state index contributed by atoms with van der Waals surface area (Å²) < 4.78 is 5.79. The summed E-state index contributed by atoms with van der Waals surface area (Å²) >= 11 is 6.36. The fourth-order valence-electron chi connectivity index (χ4n) is 3.05. The molecule has 0 aromatic carbocycles. The van der Waals surface area contributed by atoms with E-state index in [1.165, 1.54) is 19.3 Å². The van der Waals surface area contributed by atoms with E-state index in [-0.39, 0.29) is 5.60 Å². The van der Waals surface area contributed by atoms with E-state index in [9.17, 15) is 0 Å². The largest absolute Gasteiger partial charge is 0.370 e. The van der Waals surface area contributed by atoms with Crippen LogP contribution in [0.5, 0.6) is 0 Å². The molecular formula is C15H23ClN2O. The lowest BCUT2D eigenvalue weighted by Crippen LogP contribution is -2.33. The highest BCUT2D eigenvalue weighted by Crippen LogP contribution is 2.39. The number of halogens is 1. The maximum atomic E-state index is 6.36. The molecule has 1 aliphatic carbocycles. The molecule has 0 spiro atoms. The van der Waals surface area contributed by atoms with Crippen molar-refractivity contribution in [1.29, 1.82) is 0 Å². The molecular weight excluding hydrogens is 260 g/mol. The van der Waals surface area contributed by atoms with Crippen molar-refractivity contribution < 1.29 is 4.74 Å². The van der Waals surface area contributed by atoms with Gasteiger partial charge in [-0.05, 0) is 25.7 Å². The van der Waals surface area contributed by atoms with E-state index in [0.29, 0.717) is 11.1 Å². The van der Waals surface area contributed by atoms with Gasteiger partial charge in [0.25, 0.3) is 0 Å². The Hall–Kier alpha value is -0.670. The van der Waals surface area contributed by atoms with Crippen LogP contribution in [0.1, 0.15) is 69.0 Å². The van der Waals surface area contributed by atoms with Gasteiger partial charge >= 0.3 is 0 Å². The molecule has 1 aromatic rings. The highest BCUT2D eigenvalue weighted by atomic mass is 35.5. The van der Waals surface area contributed by atoms with Gasteiger partial charge in [-0.3, -0.25) is 0 Å². The molecule has 19 heavy (non-hydrogen) atoms. The smallest absolute Gasteiger partial charge is 0.162 e. The van der Waals surface area contributed by atoms with Crippen molar-refractivity contribution in [3.63, 3.8) is 0 Å². The van der Waals surface area contributed by atoms with Crippen LogP contribution in [0.2, 0.25) is 5.15 Å². The quantitative estimate of drug-likeness (QED) is 0.772. The van der Waals surface area contributed by atoms with Crippen LogP contribution < -0.4 is 0 Å². The molecule has 0 N–H and O–H groups in total. The molecule has 0 saturated heterocycles. The van der Waals surface area contributed by atoms with E-state index in [0.717, 1.165) is 29.9 Å². The number of methoxy groups -OCH3 is 1. The summed E-state index contributed by atoms with van der Waals surface area (Å²) in [5.41, 5.74) is 1.70. The highest BCUT2D eigenvalue weighted by molar-refractivity contribution is 6.30. The summed E-state index contributed by atoms with van der Waals surface area (Å²) in [6, 6.07) is 0. The van der Waals surface area contributed by atoms with Crippen LogP contribution in [0.4, 0.5) is 0 Å². The number of hydrogen-bond donors (Lipinski definition) is 0. The molecule has 1 aromatic heterocycles. The maximum Gasteiger partial charge on any atom is 0.162 e. The molecule has 0 atom stereocenters. The van der Waals surface area contributed by atoms with Crippen LogP contribution >= 0.6 is 11.6 Å². The van der Waals surface area contributed by atoms with Gasteiger partial charge < -0.3 is 4.74 Å². The normalized spacial score (nSPS) is 18.8. The Labute approximate surface area is 120 Å². The van der Waals surface area contributed by atoms with Gasteiger partial charge in [-0.1, -0.05) is 44.7 Å². The van der Waals surface area contributed by atoms with Crippen molar-refractivity contribution in [2.24, 2.45) is 0 Å². The molecule has 0 unspecified atom stereocenters. The number of nitrogens with zero attached hydrogens (tertiary/aromatic N) is 2. The molecule has 0 radical (unpaired) electrons. The monoisotopic (exact) mass is 282 g/mol. The molecule has 1 saturated carbocycles. The van der Waals surface area contributed by atoms with Crippen LogP contribution in [-0.4, -0.2) is 17.1 Å². The zero-order valence-electron chi connectivity index (χ0n) is 12.3. The lowest BCUT2D eigenvalue weighted by atomic mass is 9.83. The molecule has 1 aliphatic rings. The fraction of sp³-hybridized carbons (Fsp3) is 0.733. The average Bonchev–Trinajstić information content (AvgIpc) is 2.38. The molecule has 4 heteroatoms. The lowest BCUT2D eigenvalue weighted by molar-refractivity contribution is -0.0516. The second kappa shape index (κ2) is 5.76. The van der Waals surface area contributed by atoms with E-state index in [4.69, 9.17) is 21.3 Å². The number of hydrogen-bond acceptors (Lipinski definition) is 3. The van der Waals surface area contributed by atoms with Gasteiger partial charge in [0.05, 0.1) is 0 Å². The number of rotatable bonds is 3.